The second-order valence-electron chi connectivity index (χ2n) is 13.9. The average Bonchev–Trinajstić information content (AvgIpc) is 3.50. The number of imide groups is 1. The highest BCUT2D eigenvalue weighted by molar-refractivity contribution is 6.01. The van der Waals surface area contributed by atoms with Gasteiger partial charge in [0.05, 0.1) is 58.6 Å². The van der Waals surface area contributed by atoms with Crippen LogP contribution in [0.15, 0.2) is 84.2 Å². The summed E-state index contributed by atoms with van der Waals surface area (Å²) in [5, 5.41) is 14.4. The van der Waals surface area contributed by atoms with Crippen LogP contribution in [0.1, 0.15) is 64.9 Å². The summed E-state index contributed by atoms with van der Waals surface area (Å²) in [6.45, 7) is 2.61. The van der Waals surface area contributed by atoms with Crippen LogP contribution in [0.3, 0.4) is 0 Å². The molecule has 1 aliphatic rings. The van der Waals surface area contributed by atoms with Gasteiger partial charge in [-0.2, -0.15) is 0 Å². The Morgan fingerprint density at radius 3 is 2.40 bits per heavy atom. The zero-order valence-electron chi connectivity index (χ0n) is 33.0. The Labute approximate surface area is 342 Å². The minimum atomic E-state index is -0.755. The number of unbranched alkanes of at least 4 members (excludes halogenated alkanes) is 1. The number of aryl methyl sites for hydroxylation is 2. The van der Waals surface area contributed by atoms with Crippen LogP contribution < -0.4 is 37.0 Å². The molecular weight excluding hydrogens is 774 g/mol. The van der Waals surface area contributed by atoms with Crippen LogP contribution in [0.4, 0.5) is 27.4 Å². The summed E-state index contributed by atoms with van der Waals surface area (Å²) in [5.74, 6) is -0.654. The minimum absolute atomic E-state index is 0.168. The molecule has 0 radical (unpaired) electrons. The summed E-state index contributed by atoms with van der Waals surface area (Å²) >= 11 is 0. The van der Waals surface area contributed by atoms with Crippen molar-refractivity contribution >= 4 is 57.7 Å². The number of methoxy groups -OCH3 is 1. The predicted molar refractivity (Wildman–Crippen MR) is 221 cm³/mol. The number of benzene rings is 2. The van der Waals surface area contributed by atoms with Gasteiger partial charge in [0, 0.05) is 45.0 Å². The van der Waals surface area contributed by atoms with Crippen LogP contribution in [0, 0.1) is 5.82 Å². The fraction of sp³-hybridized carbons (Fsp3) is 0.262. The van der Waals surface area contributed by atoms with Crippen LogP contribution in [0.2, 0.25) is 0 Å². The number of halogens is 1. The summed E-state index contributed by atoms with van der Waals surface area (Å²) in [5.41, 5.74) is 4.01. The van der Waals surface area contributed by atoms with E-state index in [1.807, 2.05) is 25.1 Å². The number of rotatable bonds is 15. The first kappa shape index (κ1) is 40.7. The van der Waals surface area contributed by atoms with Crippen molar-refractivity contribution in [3.63, 3.8) is 0 Å². The molecule has 0 aliphatic carbocycles. The van der Waals surface area contributed by atoms with Crippen molar-refractivity contribution in [3.05, 3.63) is 112 Å². The number of amides is 4. The van der Waals surface area contributed by atoms with E-state index in [1.165, 1.54) is 24.1 Å². The molecule has 17 nitrogen and oxygen atoms in total. The van der Waals surface area contributed by atoms with E-state index in [9.17, 15) is 28.4 Å². The van der Waals surface area contributed by atoms with Crippen LogP contribution >= 0.6 is 0 Å². The number of para-hydroxylation sites is 2. The number of hydrogen-bond donors (Lipinski definition) is 5. The summed E-state index contributed by atoms with van der Waals surface area (Å²) < 4.78 is 22.2. The number of carbonyl (C=O) groups is 4. The van der Waals surface area contributed by atoms with Gasteiger partial charge in [0.25, 0.3) is 11.8 Å². The van der Waals surface area contributed by atoms with Crippen LogP contribution in [0.5, 0.6) is 5.75 Å². The fourth-order valence-electron chi connectivity index (χ4n) is 7.12. The lowest BCUT2D eigenvalue weighted by Crippen LogP contribution is -2.44. The number of nitrogens with one attached hydrogen (secondary N) is 5. The van der Waals surface area contributed by atoms with E-state index in [2.05, 4.69) is 46.5 Å². The number of anilines is 4. The Morgan fingerprint density at radius 2 is 1.67 bits per heavy atom. The molecule has 1 unspecified atom stereocenters. The van der Waals surface area contributed by atoms with Gasteiger partial charge in [-0.15, -0.1) is 0 Å². The molecule has 0 spiro atoms. The number of fused-ring (bicyclic) bond motifs is 1. The first-order valence-electron chi connectivity index (χ1n) is 19.3. The molecule has 1 atom stereocenters. The quantitative estimate of drug-likeness (QED) is 0.0705. The van der Waals surface area contributed by atoms with Crippen molar-refractivity contribution in [2.45, 2.75) is 45.1 Å². The van der Waals surface area contributed by atoms with E-state index in [-0.39, 0.29) is 47.6 Å². The van der Waals surface area contributed by atoms with Gasteiger partial charge in [0.1, 0.15) is 17.7 Å². The smallest absolute Gasteiger partial charge is 0.329 e. The first-order valence-corrected chi connectivity index (χ1v) is 19.3. The summed E-state index contributed by atoms with van der Waals surface area (Å²) in [6.07, 6.45) is 7.47. The van der Waals surface area contributed by atoms with Crippen LogP contribution in [0.25, 0.3) is 22.4 Å². The zero-order chi connectivity index (χ0) is 42.3. The van der Waals surface area contributed by atoms with Gasteiger partial charge in [0.2, 0.25) is 11.8 Å². The second-order valence-corrected chi connectivity index (χ2v) is 13.9. The number of piperidine rings is 1. The first-order chi connectivity index (χ1) is 29.1. The zero-order valence-corrected chi connectivity index (χ0v) is 33.0. The number of imidazole rings is 1. The lowest BCUT2D eigenvalue weighted by atomic mass is 10.0. The normalized spacial score (nSPS) is 13.8. The van der Waals surface area contributed by atoms with E-state index in [0.29, 0.717) is 71.3 Å². The van der Waals surface area contributed by atoms with Crippen LogP contribution in [-0.2, 0) is 23.1 Å². The topological polar surface area (TPSA) is 216 Å². The van der Waals surface area contributed by atoms with E-state index < -0.39 is 17.8 Å². The highest BCUT2D eigenvalue weighted by Gasteiger charge is 2.31. The third kappa shape index (κ3) is 8.66. The molecule has 0 bridgehead atoms. The van der Waals surface area contributed by atoms with Crippen molar-refractivity contribution in [1.82, 2.24) is 45.0 Å². The maximum absolute atomic E-state index is 13.5. The SMILES string of the molecule is CCNC(=O)c1cnc(Nc2ccc(C(=O)NCCCCc3cccc4c3n(C)c(=O)n4C3CCC(=O)NC3=O)cn2)cc1Nc1cccc(-c2ncc(F)cn2)c1OC. The Hall–Kier alpha value is -7.50. The molecule has 60 heavy (non-hydrogen) atoms. The molecule has 308 valence electrons. The van der Waals surface area contributed by atoms with E-state index in [4.69, 9.17) is 4.74 Å². The molecule has 0 saturated carbocycles. The van der Waals surface area contributed by atoms with Gasteiger partial charge in [-0.05, 0) is 68.5 Å². The molecular formula is C42H42FN11O6. The van der Waals surface area contributed by atoms with Gasteiger partial charge in [-0.25, -0.2) is 29.1 Å². The number of carbonyl (C=O) groups excluding carboxylic acids is 4. The Morgan fingerprint density at radius 1 is 0.883 bits per heavy atom. The predicted octanol–water partition coefficient (Wildman–Crippen LogP) is 4.70. The van der Waals surface area contributed by atoms with Crippen molar-refractivity contribution in [2.75, 3.05) is 30.8 Å². The van der Waals surface area contributed by atoms with Crippen molar-refractivity contribution in [2.24, 2.45) is 7.05 Å². The Kier molecular flexibility index (Phi) is 12.2. The monoisotopic (exact) mass is 815 g/mol. The maximum Gasteiger partial charge on any atom is 0.329 e. The third-order valence-corrected chi connectivity index (χ3v) is 9.98. The number of aromatic nitrogens is 6. The van der Waals surface area contributed by atoms with Gasteiger partial charge in [-0.3, -0.25) is 33.6 Å². The van der Waals surface area contributed by atoms with Gasteiger partial charge in [-0.1, -0.05) is 18.2 Å². The average molecular weight is 816 g/mol. The molecule has 5 N–H and O–H groups in total. The summed E-state index contributed by atoms with van der Waals surface area (Å²) in [7, 11) is 3.16. The van der Waals surface area contributed by atoms with E-state index >= 15 is 0 Å². The molecule has 7 rings (SSSR count). The van der Waals surface area contributed by atoms with Gasteiger partial charge >= 0.3 is 5.69 Å². The van der Waals surface area contributed by atoms with Crippen LogP contribution in [-0.4, -0.2) is 72.9 Å². The van der Waals surface area contributed by atoms with Gasteiger partial charge < -0.3 is 26.0 Å². The number of hydrogen-bond acceptors (Lipinski definition) is 12. The molecule has 1 fully saturated rings. The number of pyridine rings is 2. The lowest BCUT2D eigenvalue weighted by molar-refractivity contribution is -0.135. The molecule has 4 amide bonds. The summed E-state index contributed by atoms with van der Waals surface area (Å²) in [4.78, 5) is 80.5. The highest BCUT2D eigenvalue weighted by atomic mass is 19.1. The standard InChI is InChI=1S/C42H42FN11O6/c1-4-44-40(57)28-23-47-34(19-30(28)50-29-12-8-11-27(37(29)60-3)38-48-21-26(43)22-49-38)51-33-16-14-25(20-46-33)39(56)45-18-6-5-9-24-10-7-13-31-36(24)53(2)42(59)54(31)32-15-17-35(55)52-41(32)58/h7-8,10-14,16,19-23,32H,4-6,9,15,17-18H2,1-3H3,(H,44,57)(H,45,56)(H,52,55,58)(H2,46,47,50,51). The van der Waals surface area contributed by atoms with E-state index in [0.717, 1.165) is 29.9 Å². The minimum Gasteiger partial charge on any atom is -0.494 e. The van der Waals surface area contributed by atoms with Crippen molar-refractivity contribution < 1.29 is 28.3 Å². The molecule has 4 aromatic heterocycles. The fourth-order valence-corrected chi connectivity index (χ4v) is 7.12. The Balaban J connectivity index is 0.976. The molecule has 2 aromatic carbocycles. The maximum atomic E-state index is 13.5. The number of ether oxygens (including phenoxy) is 1. The Bertz CT molecular complexity index is 2650. The molecule has 1 aliphatic heterocycles. The van der Waals surface area contributed by atoms with Crippen molar-refractivity contribution in [3.8, 4) is 17.1 Å². The molecule has 6 aromatic rings. The van der Waals surface area contributed by atoms with E-state index in [1.54, 1.807) is 48.0 Å². The van der Waals surface area contributed by atoms with Crippen molar-refractivity contribution in [1.29, 1.82) is 0 Å². The van der Waals surface area contributed by atoms with Gasteiger partial charge in [0.15, 0.2) is 17.4 Å². The number of nitrogens with zero attached hydrogens (tertiary/aromatic N) is 6. The third-order valence-electron chi connectivity index (χ3n) is 9.98. The second kappa shape index (κ2) is 18.0. The summed E-state index contributed by atoms with van der Waals surface area (Å²) in [6, 6.07) is 15.0. The highest BCUT2D eigenvalue weighted by Crippen LogP contribution is 2.37. The molecule has 1 saturated heterocycles. The lowest BCUT2D eigenvalue weighted by Gasteiger charge is -2.21. The molecule has 5 heterocycles. The molecule has 18 heteroatoms. The largest absolute Gasteiger partial charge is 0.494 e.